The monoisotopic (exact) mass is 275 g/mol. The third-order valence-corrected chi connectivity index (χ3v) is 2.58. The van der Waals surface area contributed by atoms with Gasteiger partial charge in [-0.15, -0.1) is 0 Å². The Labute approximate surface area is 113 Å². The standard InChI is InChI=1S/C13H10FN3O3/c14-11-7-10(5-6-12(11)17(19)20)16-13(18)8-1-3-9(15)4-2-8/h1-7H,15H2,(H,16,18). The second-order valence-corrected chi connectivity index (χ2v) is 4.00. The Morgan fingerprint density at radius 3 is 2.40 bits per heavy atom. The van der Waals surface area contributed by atoms with Gasteiger partial charge in [0.2, 0.25) is 5.82 Å². The van der Waals surface area contributed by atoms with E-state index >= 15 is 0 Å². The van der Waals surface area contributed by atoms with Crippen LogP contribution in [-0.4, -0.2) is 10.8 Å². The Hall–Kier alpha value is -2.96. The molecule has 0 bridgehead atoms. The van der Waals surface area contributed by atoms with Crippen LogP contribution in [0.3, 0.4) is 0 Å². The van der Waals surface area contributed by atoms with Crippen LogP contribution in [0.5, 0.6) is 0 Å². The molecule has 2 aromatic rings. The van der Waals surface area contributed by atoms with Crippen LogP contribution < -0.4 is 11.1 Å². The number of hydrogen-bond acceptors (Lipinski definition) is 4. The lowest BCUT2D eigenvalue weighted by Crippen LogP contribution is -2.12. The first-order valence-corrected chi connectivity index (χ1v) is 5.58. The first-order chi connectivity index (χ1) is 9.47. The first kappa shape index (κ1) is 13.5. The maximum atomic E-state index is 13.4. The molecule has 0 saturated heterocycles. The Morgan fingerprint density at radius 2 is 1.85 bits per heavy atom. The van der Waals surface area contributed by atoms with Gasteiger partial charge in [-0.25, -0.2) is 0 Å². The molecular weight excluding hydrogens is 265 g/mol. The van der Waals surface area contributed by atoms with Crippen LogP contribution in [0.4, 0.5) is 21.5 Å². The zero-order valence-corrected chi connectivity index (χ0v) is 10.2. The Balaban J connectivity index is 2.18. The van der Waals surface area contributed by atoms with Gasteiger partial charge in [-0.05, 0) is 30.3 Å². The molecule has 7 heteroatoms. The average molecular weight is 275 g/mol. The lowest BCUT2D eigenvalue weighted by Gasteiger charge is -2.05. The largest absolute Gasteiger partial charge is 0.399 e. The van der Waals surface area contributed by atoms with Gasteiger partial charge in [-0.1, -0.05) is 0 Å². The fraction of sp³-hybridized carbons (Fsp3) is 0. The van der Waals surface area contributed by atoms with E-state index in [-0.39, 0.29) is 5.69 Å². The summed E-state index contributed by atoms with van der Waals surface area (Å²) in [5.41, 5.74) is 5.85. The van der Waals surface area contributed by atoms with E-state index in [4.69, 9.17) is 5.73 Å². The second-order valence-electron chi connectivity index (χ2n) is 4.00. The fourth-order valence-electron chi connectivity index (χ4n) is 1.57. The van der Waals surface area contributed by atoms with Crippen molar-refractivity contribution in [1.29, 1.82) is 0 Å². The van der Waals surface area contributed by atoms with E-state index < -0.39 is 22.3 Å². The third-order valence-electron chi connectivity index (χ3n) is 2.58. The zero-order valence-electron chi connectivity index (χ0n) is 10.2. The number of rotatable bonds is 3. The minimum absolute atomic E-state index is 0.134. The predicted octanol–water partition coefficient (Wildman–Crippen LogP) is 2.57. The number of carbonyl (C=O) groups excluding carboxylic acids is 1. The summed E-state index contributed by atoms with van der Waals surface area (Å²) in [6, 6.07) is 9.31. The number of nitrogens with one attached hydrogen (secondary N) is 1. The Bertz CT molecular complexity index is 671. The molecule has 0 fully saturated rings. The van der Waals surface area contributed by atoms with Crippen LogP contribution in [-0.2, 0) is 0 Å². The van der Waals surface area contributed by atoms with E-state index in [1.54, 1.807) is 12.1 Å². The van der Waals surface area contributed by atoms with E-state index in [1.807, 2.05) is 0 Å². The highest BCUT2D eigenvalue weighted by Crippen LogP contribution is 2.21. The number of benzene rings is 2. The minimum atomic E-state index is -1.01. The molecule has 0 atom stereocenters. The number of carbonyl (C=O) groups is 1. The summed E-state index contributed by atoms with van der Waals surface area (Å²) in [5.74, 6) is -1.47. The molecule has 0 aromatic heterocycles. The summed E-state index contributed by atoms with van der Waals surface area (Å²) < 4.78 is 13.4. The van der Waals surface area contributed by atoms with Gasteiger partial charge in [0, 0.05) is 29.1 Å². The van der Waals surface area contributed by atoms with Crippen molar-refractivity contribution in [3.63, 3.8) is 0 Å². The molecule has 1 amide bonds. The molecule has 0 heterocycles. The van der Waals surface area contributed by atoms with Crippen LogP contribution in [0.25, 0.3) is 0 Å². The zero-order chi connectivity index (χ0) is 14.7. The third kappa shape index (κ3) is 2.89. The molecule has 102 valence electrons. The number of nitro groups is 1. The van der Waals surface area contributed by atoms with Gasteiger partial charge in [0.1, 0.15) is 0 Å². The van der Waals surface area contributed by atoms with Gasteiger partial charge in [-0.3, -0.25) is 14.9 Å². The molecule has 0 radical (unpaired) electrons. The van der Waals surface area contributed by atoms with Crippen LogP contribution in [0.2, 0.25) is 0 Å². The number of nitro benzene ring substituents is 1. The van der Waals surface area contributed by atoms with Gasteiger partial charge in [-0.2, -0.15) is 4.39 Å². The summed E-state index contributed by atoms with van der Waals surface area (Å²) >= 11 is 0. The maximum Gasteiger partial charge on any atom is 0.304 e. The topological polar surface area (TPSA) is 98.3 Å². The molecule has 0 aliphatic carbocycles. The summed E-state index contributed by atoms with van der Waals surface area (Å²) in [7, 11) is 0. The molecule has 0 saturated carbocycles. The van der Waals surface area contributed by atoms with Crippen molar-refractivity contribution in [2.75, 3.05) is 11.1 Å². The van der Waals surface area contributed by atoms with Gasteiger partial charge in [0.05, 0.1) is 4.92 Å². The number of nitrogen functional groups attached to an aromatic ring is 1. The number of nitrogens with two attached hydrogens (primary N) is 1. The van der Waals surface area contributed by atoms with Gasteiger partial charge >= 0.3 is 5.69 Å². The second kappa shape index (κ2) is 5.35. The number of hydrogen-bond donors (Lipinski definition) is 2. The number of amides is 1. The van der Waals surface area contributed by atoms with E-state index in [0.29, 0.717) is 11.3 Å². The fourth-order valence-corrected chi connectivity index (χ4v) is 1.57. The molecule has 0 spiro atoms. The van der Waals surface area contributed by atoms with Gasteiger partial charge < -0.3 is 11.1 Å². The van der Waals surface area contributed by atoms with Crippen LogP contribution >= 0.6 is 0 Å². The quantitative estimate of drug-likeness (QED) is 0.511. The molecule has 20 heavy (non-hydrogen) atoms. The van der Waals surface area contributed by atoms with Crippen molar-refractivity contribution in [3.05, 3.63) is 64.0 Å². The van der Waals surface area contributed by atoms with Gasteiger partial charge in [0.25, 0.3) is 5.91 Å². The minimum Gasteiger partial charge on any atom is -0.399 e. The van der Waals surface area contributed by atoms with Crippen LogP contribution in [0.1, 0.15) is 10.4 Å². The summed E-state index contributed by atoms with van der Waals surface area (Å²) in [6.07, 6.45) is 0. The Morgan fingerprint density at radius 1 is 1.20 bits per heavy atom. The molecular formula is C13H10FN3O3. The number of nitrogens with zero attached hydrogens (tertiary/aromatic N) is 1. The molecule has 6 nitrogen and oxygen atoms in total. The van der Waals surface area contributed by atoms with E-state index in [2.05, 4.69) is 5.32 Å². The molecule has 0 unspecified atom stereocenters. The highest BCUT2D eigenvalue weighted by molar-refractivity contribution is 6.04. The van der Waals surface area contributed by atoms with Crippen LogP contribution in [0.15, 0.2) is 42.5 Å². The molecule has 2 aromatic carbocycles. The lowest BCUT2D eigenvalue weighted by molar-refractivity contribution is -0.387. The van der Waals surface area contributed by atoms with Crippen molar-refractivity contribution < 1.29 is 14.1 Å². The molecule has 3 N–H and O–H groups in total. The maximum absolute atomic E-state index is 13.4. The van der Waals surface area contributed by atoms with E-state index in [9.17, 15) is 19.3 Å². The summed E-state index contributed by atoms with van der Waals surface area (Å²) in [5, 5.41) is 12.9. The number of anilines is 2. The van der Waals surface area contributed by atoms with Crippen molar-refractivity contribution in [2.45, 2.75) is 0 Å². The highest BCUT2D eigenvalue weighted by Gasteiger charge is 2.15. The molecule has 0 aliphatic heterocycles. The average Bonchev–Trinajstić information content (AvgIpc) is 2.39. The summed E-state index contributed by atoms with van der Waals surface area (Å²) in [4.78, 5) is 21.5. The van der Waals surface area contributed by atoms with Crippen molar-refractivity contribution in [1.82, 2.24) is 0 Å². The van der Waals surface area contributed by atoms with Gasteiger partial charge in [0.15, 0.2) is 0 Å². The SMILES string of the molecule is Nc1ccc(C(=O)Nc2ccc([N+](=O)[O-])c(F)c2)cc1. The predicted molar refractivity (Wildman–Crippen MR) is 71.9 cm³/mol. The first-order valence-electron chi connectivity index (χ1n) is 5.58. The number of halogens is 1. The Kier molecular flexibility index (Phi) is 3.60. The van der Waals surface area contributed by atoms with Crippen molar-refractivity contribution in [3.8, 4) is 0 Å². The van der Waals surface area contributed by atoms with Crippen molar-refractivity contribution in [2.24, 2.45) is 0 Å². The summed E-state index contributed by atoms with van der Waals surface area (Å²) in [6.45, 7) is 0. The highest BCUT2D eigenvalue weighted by atomic mass is 19.1. The lowest BCUT2D eigenvalue weighted by atomic mass is 10.2. The van der Waals surface area contributed by atoms with E-state index in [0.717, 1.165) is 12.1 Å². The van der Waals surface area contributed by atoms with Crippen LogP contribution in [0, 0.1) is 15.9 Å². The normalized spacial score (nSPS) is 10.1. The van der Waals surface area contributed by atoms with E-state index in [1.165, 1.54) is 18.2 Å². The smallest absolute Gasteiger partial charge is 0.304 e. The molecule has 0 aliphatic rings. The molecule has 2 rings (SSSR count). The van der Waals surface area contributed by atoms with Crippen molar-refractivity contribution >= 4 is 23.0 Å².